The lowest BCUT2D eigenvalue weighted by Crippen LogP contribution is -2.46. The predicted octanol–water partition coefficient (Wildman–Crippen LogP) is 3.40. The van der Waals surface area contributed by atoms with E-state index in [1.807, 2.05) is 6.07 Å². The van der Waals surface area contributed by atoms with Crippen LogP contribution in [0.2, 0.25) is 0 Å². The van der Waals surface area contributed by atoms with Crippen LogP contribution in [0.3, 0.4) is 0 Å². The topological polar surface area (TPSA) is 63.9 Å². The van der Waals surface area contributed by atoms with Gasteiger partial charge in [-0.2, -0.15) is 4.98 Å². The molecule has 28 heavy (non-hydrogen) atoms. The number of anilines is 2. The van der Waals surface area contributed by atoms with Crippen molar-refractivity contribution in [3.63, 3.8) is 0 Å². The summed E-state index contributed by atoms with van der Waals surface area (Å²) in [5.74, 6) is 1.79. The van der Waals surface area contributed by atoms with Crippen molar-refractivity contribution >= 4 is 33.3 Å². The molecule has 0 radical (unpaired) electrons. The number of hydrogen-bond acceptors (Lipinski definition) is 8. The van der Waals surface area contributed by atoms with Gasteiger partial charge in [-0.15, -0.1) is 11.3 Å². The molecule has 2 atom stereocenters. The van der Waals surface area contributed by atoms with Crippen molar-refractivity contribution < 1.29 is 13.9 Å². The third-order valence-corrected chi connectivity index (χ3v) is 6.33. The molecule has 0 bridgehead atoms. The van der Waals surface area contributed by atoms with Crippen LogP contribution in [0.4, 0.5) is 11.8 Å². The van der Waals surface area contributed by atoms with Gasteiger partial charge in [-0.25, -0.2) is 4.98 Å². The van der Waals surface area contributed by atoms with E-state index in [9.17, 15) is 0 Å². The zero-order valence-electron chi connectivity index (χ0n) is 16.1. The third kappa shape index (κ3) is 3.36. The summed E-state index contributed by atoms with van der Waals surface area (Å²) < 4.78 is 17.8. The lowest BCUT2D eigenvalue weighted by Gasteiger charge is -2.36. The monoisotopic (exact) mass is 400 g/mol. The molecule has 5 heterocycles. The van der Waals surface area contributed by atoms with E-state index < -0.39 is 0 Å². The third-order valence-electron chi connectivity index (χ3n) is 5.16. The molecule has 0 spiro atoms. The van der Waals surface area contributed by atoms with Gasteiger partial charge in [0, 0.05) is 36.6 Å². The lowest BCUT2D eigenvalue weighted by molar-refractivity contribution is -0.00569. The normalized spacial score (nSPS) is 23.5. The Morgan fingerprint density at radius 3 is 2.57 bits per heavy atom. The maximum absolute atomic E-state index is 5.89. The van der Waals surface area contributed by atoms with Gasteiger partial charge in [0.15, 0.2) is 5.82 Å². The van der Waals surface area contributed by atoms with Gasteiger partial charge in [-0.3, -0.25) is 0 Å². The van der Waals surface area contributed by atoms with Gasteiger partial charge < -0.3 is 23.7 Å². The van der Waals surface area contributed by atoms with Crippen molar-refractivity contribution in [1.29, 1.82) is 0 Å². The Morgan fingerprint density at radius 1 is 1.07 bits per heavy atom. The molecule has 0 aliphatic carbocycles. The molecule has 5 rings (SSSR count). The van der Waals surface area contributed by atoms with Gasteiger partial charge in [0.2, 0.25) is 5.95 Å². The van der Waals surface area contributed by atoms with Crippen LogP contribution in [-0.4, -0.2) is 61.6 Å². The number of morpholine rings is 2. The highest BCUT2D eigenvalue weighted by molar-refractivity contribution is 7.22. The van der Waals surface area contributed by atoms with Crippen LogP contribution < -0.4 is 9.80 Å². The highest BCUT2D eigenvalue weighted by Gasteiger charge is 2.27. The summed E-state index contributed by atoms with van der Waals surface area (Å²) in [7, 11) is 0. The van der Waals surface area contributed by atoms with Gasteiger partial charge in [0.1, 0.15) is 0 Å². The second-order valence-corrected chi connectivity index (χ2v) is 8.50. The average molecular weight is 401 g/mol. The first-order valence-corrected chi connectivity index (χ1v) is 10.6. The van der Waals surface area contributed by atoms with Gasteiger partial charge in [-0.1, -0.05) is 0 Å². The van der Waals surface area contributed by atoms with Crippen molar-refractivity contribution in [2.45, 2.75) is 26.1 Å². The highest BCUT2D eigenvalue weighted by Crippen LogP contribution is 2.39. The SMILES string of the molecule is C[C@@H]1CN(c2nc(N3CCOCC3)c3sc(-c4ccoc4)cc3n2)C[C@H](C)O1. The van der Waals surface area contributed by atoms with Gasteiger partial charge in [0.05, 0.1) is 48.2 Å². The smallest absolute Gasteiger partial charge is 0.228 e. The van der Waals surface area contributed by atoms with E-state index in [0.29, 0.717) is 0 Å². The number of thiophene rings is 1. The van der Waals surface area contributed by atoms with Crippen LogP contribution in [0.5, 0.6) is 0 Å². The molecule has 3 aromatic heterocycles. The second-order valence-electron chi connectivity index (χ2n) is 7.45. The van der Waals surface area contributed by atoms with Crippen LogP contribution in [-0.2, 0) is 9.47 Å². The molecule has 3 aromatic rings. The fourth-order valence-corrected chi connectivity index (χ4v) is 5.02. The molecule has 2 aliphatic rings. The molecule has 7 nitrogen and oxygen atoms in total. The molecule has 0 saturated carbocycles. The Labute approximate surface area is 167 Å². The summed E-state index contributed by atoms with van der Waals surface area (Å²) in [6.07, 6.45) is 3.81. The molecular weight excluding hydrogens is 376 g/mol. The average Bonchev–Trinajstić information content (AvgIpc) is 3.36. The molecule has 8 heteroatoms. The first-order valence-electron chi connectivity index (χ1n) is 9.74. The van der Waals surface area contributed by atoms with Crippen LogP contribution in [0.15, 0.2) is 29.1 Å². The first kappa shape index (κ1) is 17.9. The Morgan fingerprint density at radius 2 is 1.86 bits per heavy atom. The summed E-state index contributed by atoms with van der Waals surface area (Å²) in [4.78, 5) is 15.7. The zero-order valence-corrected chi connectivity index (χ0v) is 16.9. The highest BCUT2D eigenvalue weighted by atomic mass is 32.1. The number of aromatic nitrogens is 2. The summed E-state index contributed by atoms with van der Waals surface area (Å²) in [6, 6.07) is 4.13. The second kappa shape index (κ2) is 7.35. The lowest BCUT2D eigenvalue weighted by atomic mass is 10.2. The number of ether oxygens (including phenoxy) is 2. The van der Waals surface area contributed by atoms with E-state index in [-0.39, 0.29) is 12.2 Å². The van der Waals surface area contributed by atoms with Crippen LogP contribution in [0.1, 0.15) is 13.8 Å². The van der Waals surface area contributed by atoms with E-state index in [1.54, 1.807) is 23.9 Å². The Bertz CT molecular complexity index is 942. The van der Waals surface area contributed by atoms with E-state index in [4.69, 9.17) is 23.9 Å². The fraction of sp³-hybridized carbons (Fsp3) is 0.500. The minimum atomic E-state index is 0.166. The molecular formula is C20H24N4O3S. The molecule has 2 saturated heterocycles. The molecule has 148 valence electrons. The van der Waals surface area contributed by atoms with Crippen molar-refractivity contribution in [3.05, 3.63) is 24.7 Å². The van der Waals surface area contributed by atoms with E-state index in [0.717, 1.165) is 71.8 Å². The van der Waals surface area contributed by atoms with Crippen LogP contribution in [0, 0.1) is 0 Å². The molecule has 0 N–H and O–H groups in total. The first-order chi connectivity index (χ1) is 13.7. The van der Waals surface area contributed by atoms with Crippen molar-refractivity contribution in [1.82, 2.24) is 9.97 Å². The largest absolute Gasteiger partial charge is 0.472 e. The standard InChI is InChI=1S/C20H24N4O3S/c1-13-10-24(11-14(2)27-13)20-21-16-9-17(15-3-6-26-12-15)28-18(16)19(22-20)23-4-7-25-8-5-23/h3,6,9,12-14H,4-5,7-8,10-11H2,1-2H3/t13-,14+. The number of nitrogens with zero attached hydrogens (tertiary/aromatic N) is 4. The maximum atomic E-state index is 5.89. The van der Waals surface area contributed by atoms with Crippen molar-refractivity contribution in [3.8, 4) is 10.4 Å². The van der Waals surface area contributed by atoms with Gasteiger partial charge in [0.25, 0.3) is 0 Å². The van der Waals surface area contributed by atoms with E-state index in [1.165, 1.54) is 0 Å². The minimum Gasteiger partial charge on any atom is -0.472 e. The summed E-state index contributed by atoms with van der Waals surface area (Å²) in [5.41, 5.74) is 2.06. The number of rotatable bonds is 3. The Balaban J connectivity index is 1.60. The maximum Gasteiger partial charge on any atom is 0.228 e. The summed E-state index contributed by atoms with van der Waals surface area (Å²) >= 11 is 1.72. The number of fused-ring (bicyclic) bond motifs is 1. The Hall–Kier alpha value is -2.16. The van der Waals surface area contributed by atoms with Crippen LogP contribution in [0.25, 0.3) is 20.7 Å². The van der Waals surface area contributed by atoms with E-state index in [2.05, 4.69) is 29.7 Å². The van der Waals surface area contributed by atoms with Crippen molar-refractivity contribution in [2.24, 2.45) is 0 Å². The van der Waals surface area contributed by atoms with Gasteiger partial charge >= 0.3 is 0 Å². The quantitative estimate of drug-likeness (QED) is 0.668. The molecule has 2 fully saturated rings. The molecule has 0 unspecified atom stereocenters. The molecule has 0 aromatic carbocycles. The number of hydrogen-bond donors (Lipinski definition) is 0. The Kier molecular flexibility index (Phi) is 4.70. The number of furan rings is 1. The van der Waals surface area contributed by atoms with E-state index >= 15 is 0 Å². The molecule has 2 aliphatic heterocycles. The minimum absolute atomic E-state index is 0.166. The van der Waals surface area contributed by atoms with Gasteiger partial charge in [-0.05, 0) is 26.0 Å². The van der Waals surface area contributed by atoms with Crippen molar-refractivity contribution in [2.75, 3.05) is 49.2 Å². The molecule has 0 amide bonds. The van der Waals surface area contributed by atoms with Crippen LogP contribution >= 0.6 is 11.3 Å². The predicted molar refractivity (Wildman–Crippen MR) is 110 cm³/mol. The zero-order chi connectivity index (χ0) is 19.1. The summed E-state index contributed by atoms with van der Waals surface area (Å²) in [6.45, 7) is 8.96. The summed E-state index contributed by atoms with van der Waals surface area (Å²) in [5, 5.41) is 0. The fourth-order valence-electron chi connectivity index (χ4n) is 3.92.